The Bertz CT molecular complexity index is 388. The molecule has 2 rings (SSSR count). The third kappa shape index (κ3) is 3.18. The molecule has 0 atom stereocenters. The second-order valence-corrected chi connectivity index (χ2v) is 5.32. The van der Waals surface area contributed by atoms with Crippen LogP contribution in [-0.2, 0) is 4.79 Å². The van der Waals surface area contributed by atoms with Gasteiger partial charge in [0.25, 0.3) is 0 Å². The van der Waals surface area contributed by atoms with Crippen molar-refractivity contribution in [2.75, 3.05) is 0 Å². The normalized spacial score (nSPS) is 23.9. The summed E-state index contributed by atoms with van der Waals surface area (Å²) in [6.45, 7) is 2.06. The number of hydrogen-bond donors (Lipinski definition) is 0. The van der Waals surface area contributed by atoms with Crippen LogP contribution in [0.25, 0.3) is 0 Å². The highest BCUT2D eigenvalue weighted by Crippen LogP contribution is 2.36. The Morgan fingerprint density at radius 1 is 1.17 bits per heavy atom. The van der Waals surface area contributed by atoms with Crippen LogP contribution in [0, 0.1) is 11.7 Å². The predicted octanol–water partition coefficient (Wildman–Crippen LogP) is 4.47. The summed E-state index contributed by atoms with van der Waals surface area (Å²) >= 11 is 0. The summed E-state index contributed by atoms with van der Waals surface area (Å²) < 4.78 is 12.9. The first-order valence-electron chi connectivity index (χ1n) is 6.99. The molecular formula is C16H21FO. The van der Waals surface area contributed by atoms with Crippen LogP contribution in [0.5, 0.6) is 0 Å². The topological polar surface area (TPSA) is 17.1 Å². The van der Waals surface area contributed by atoms with E-state index in [-0.39, 0.29) is 11.7 Å². The van der Waals surface area contributed by atoms with Crippen LogP contribution in [0.3, 0.4) is 0 Å². The zero-order valence-corrected chi connectivity index (χ0v) is 11.0. The zero-order valence-electron chi connectivity index (χ0n) is 11.0. The summed E-state index contributed by atoms with van der Waals surface area (Å²) in [5.41, 5.74) is 1.22. The molecule has 1 aliphatic rings. The van der Waals surface area contributed by atoms with E-state index in [1.54, 1.807) is 0 Å². The van der Waals surface area contributed by atoms with E-state index in [4.69, 9.17) is 0 Å². The van der Waals surface area contributed by atoms with Gasteiger partial charge in [-0.2, -0.15) is 0 Å². The summed E-state index contributed by atoms with van der Waals surface area (Å²) in [5, 5.41) is 0. The van der Waals surface area contributed by atoms with Crippen molar-refractivity contribution in [2.24, 2.45) is 5.92 Å². The maximum Gasteiger partial charge on any atom is 0.135 e. The fourth-order valence-corrected chi connectivity index (χ4v) is 2.93. The second kappa shape index (κ2) is 6.12. The Hall–Kier alpha value is -1.18. The van der Waals surface area contributed by atoms with Gasteiger partial charge in [0.2, 0.25) is 0 Å². The quantitative estimate of drug-likeness (QED) is 0.768. The van der Waals surface area contributed by atoms with Crippen LogP contribution in [0.15, 0.2) is 24.3 Å². The molecule has 0 saturated heterocycles. The summed E-state index contributed by atoms with van der Waals surface area (Å²) in [5.74, 6) is 1.05. The molecule has 0 bridgehead atoms. The Labute approximate surface area is 108 Å². The lowest BCUT2D eigenvalue weighted by Gasteiger charge is -2.28. The zero-order chi connectivity index (χ0) is 13.0. The number of rotatable bonds is 4. The highest BCUT2D eigenvalue weighted by molar-refractivity contribution is 5.81. The molecule has 0 amide bonds. The van der Waals surface area contributed by atoms with Gasteiger partial charge in [-0.1, -0.05) is 19.1 Å². The Morgan fingerprint density at radius 2 is 1.78 bits per heavy atom. The predicted molar refractivity (Wildman–Crippen MR) is 71.0 cm³/mol. The molecule has 0 N–H and O–H groups in total. The third-order valence-corrected chi connectivity index (χ3v) is 4.02. The summed E-state index contributed by atoms with van der Waals surface area (Å²) in [6, 6.07) is 6.83. The molecule has 0 aromatic heterocycles. The highest BCUT2D eigenvalue weighted by atomic mass is 19.1. The molecule has 1 nitrogen and oxygen atoms in total. The summed E-state index contributed by atoms with van der Waals surface area (Å²) in [4.78, 5) is 11.8. The van der Waals surface area contributed by atoms with Gasteiger partial charge in [0.15, 0.2) is 0 Å². The van der Waals surface area contributed by atoms with E-state index < -0.39 is 0 Å². The van der Waals surface area contributed by atoms with Gasteiger partial charge >= 0.3 is 0 Å². The Balaban J connectivity index is 1.90. The highest BCUT2D eigenvalue weighted by Gasteiger charge is 2.26. The molecule has 1 aromatic carbocycles. The van der Waals surface area contributed by atoms with Crippen LogP contribution in [0.4, 0.5) is 4.39 Å². The van der Waals surface area contributed by atoms with Gasteiger partial charge in [-0.25, -0.2) is 4.39 Å². The lowest BCUT2D eigenvalue weighted by molar-refractivity contribution is -0.123. The first-order valence-corrected chi connectivity index (χ1v) is 6.99. The van der Waals surface area contributed by atoms with Crippen LogP contribution in [0.2, 0.25) is 0 Å². The number of carbonyl (C=O) groups excluding carboxylic acids is 1. The Kier molecular flexibility index (Phi) is 4.51. The summed E-state index contributed by atoms with van der Waals surface area (Å²) in [6.07, 6.45) is 5.81. The van der Waals surface area contributed by atoms with Crippen LogP contribution in [-0.4, -0.2) is 5.78 Å². The molecule has 2 heteroatoms. The lowest BCUT2D eigenvalue weighted by atomic mass is 9.76. The van der Waals surface area contributed by atoms with E-state index in [1.165, 1.54) is 17.7 Å². The SMILES string of the molecule is CCCC(=O)[C@H]1CC[C@H](c2ccc(F)cc2)CC1. The van der Waals surface area contributed by atoms with Crippen LogP contribution < -0.4 is 0 Å². The van der Waals surface area contributed by atoms with Crippen LogP contribution in [0.1, 0.15) is 56.9 Å². The number of Topliss-reactive ketones (excluding diaryl/α,β-unsaturated/α-hetero) is 1. The molecule has 18 heavy (non-hydrogen) atoms. The van der Waals surface area contributed by atoms with Gasteiger partial charge in [-0.05, 0) is 55.7 Å². The van der Waals surface area contributed by atoms with Gasteiger partial charge in [0.1, 0.15) is 11.6 Å². The molecule has 0 heterocycles. The third-order valence-electron chi connectivity index (χ3n) is 4.02. The molecule has 0 aliphatic heterocycles. The van der Waals surface area contributed by atoms with E-state index in [0.717, 1.165) is 38.5 Å². The number of hydrogen-bond acceptors (Lipinski definition) is 1. The molecule has 1 saturated carbocycles. The van der Waals surface area contributed by atoms with Gasteiger partial charge in [-0.15, -0.1) is 0 Å². The number of carbonyl (C=O) groups is 1. The van der Waals surface area contributed by atoms with E-state index in [1.807, 2.05) is 12.1 Å². The largest absolute Gasteiger partial charge is 0.299 e. The monoisotopic (exact) mass is 248 g/mol. The van der Waals surface area contributed by atoms with Crippen molar-refractivity contribution in [3.05, 3.63) is 35.6 Å². The van der Waals surface area contributed by atoms with E-state index in [9.17, 15) is 9.18 Å². The van der Waals surface area contributed by atoms with Gasteiger partial charge in [-0.3, -0.25) is 4.79 Å². The van der Waals surface area contributed by atoms with Crippen molar-refractivity contribution in [2.45, 2.75) is 51.4 Å². The van der Waals surface area contributed by atoms with Crippen molar-refractivity contribution < 1.29 is 9.18 Å². The minimum absolute atomic E-state index is 0.175. The minimum Gasteiger partial charge on any atom is -0.299 e. The Morgan fingerprint density at radius 3 is 2.33 bits per heavy atom. The van der Waals surface area contributed by atoms with Crippen molar-refractivity contribution in [1.82, 2.24) is 0 Å². The smallest absolute Gasteiger partial charge is 0.135 e. The number of halogens is 1. The molecule has 1 aromatic rings. The molecule has 0 unspecified atom stereocenters. The standard InChI is InChI=1S/C16H21FO/c1-2-3-16(18)14-6-4-12(5-7-14)13-8-10-15(17)11-9-13/h8-12,14H,2-7H2,1H3/t12-,14-. The van der Waals surface area contributed by atoms with Crippen molar-refractivity contribution in [3.8, 4) is 0 Å². The maximum absolute atomic E-state index is 12.9. The molecular weight excluding hydrogens is 227 g/mol. The van der Waals surface area contributed by atoms with Crippen molar-refractivity contribution in [3.63, 3.8) is 0 Å². The number of benzene rings is 1. The van der Waals surface area contributed by atoms with E-state index in [2.05, 4.69) is 6.92 Å². The first-order chi connectivity index (χ1) is 8.70. The van der Waals surface area contributed by atoms with Crippen LogP contribution >= 0.6 is 0 Å². The average Bonchev–Trinajstić information content (AvgIpc) is 2.40. The second-order valence-electron chi connectivity index (χ2n) is 5.32. The molecule has 1 aliphatic carbocycles. The fourth-order valence-electron chi connectivity index (χ4n) is 2.93. The molecule has 98 valence electrons. The number of ketones is 1. The van der Waals surface area contributed by atoms with Gasteiger partial charge < -0.3 is 0 Å². The van der Waals surface area contributed by atoms with Crippen molar-refractivity contribution in [1.29, 1.82) is 0 Å². The molecule has 0 radical (unpaired) electrons. The molecule has 1 fully saturated rings. The van der Waals surface area contributed by atoms with E-state index >= 15 is 0 Å². The fraction of sp³-hybridized carbons (Fsp3) is 0.562. The minimum atomic E-state index is -0.175. The van der Waals surface area contributed by atoms with Gasteiger partial charge in [0.05, 0.1) is 0 Å². The first kappa shape index (κ1) is 13.3. The lowest BCUT2D eigenvalue weighted by Crippen LogP contribution is -2.20. The van der Waals surface area contributed by atoms with E-state index in [0.29, 0.717) is 11.7 Å². The molecule has 0 spiro atoms. The summed E-state index contributed by atoms with van der Waals surface area (Å²) in [7, 11) is 0. The van der Waals surface area contributed by atoms with Crippen molar-refractivity contribution >= 4 is 5.78 Å². The average molecular weight is 248 g/mol. The van der Waals surface area contributed by atoms with Gasteiger partial charge in [0, 0.05) is 12.3 Å². The maximum atomic E-state index is 12.9.